The molecule has 0 fully saturated rings. The van der Waals surface area contributed by atoms with E-state index in [1.807, 2.05) is 60.4 Å². The molecular weight excluding hydrogens is 472 g/mol. The minimum Gasteiger partial charge on any atom is -0.353 e. The molecular formula is C27H36N6O2S. The number of carbonyl (C=O) groups is 2. The average molecular weight is 509 g/mol. The van der Waals surface area contributed by atoms with Gasteiger partial charge in [-0.15, -0.1) is 10.2 Å². The van der Waals surface area contributed by atoms with Crippen LogP contribution in [-0.4, -0.2) is 55.7 Å². The Labute approximate surface area is 218 Å². The van der Waals surface area contributed by atoms with E-state index in [0.29, 0.717) is 38.3 Å². The van der Waals surface area contributed by atoms with Gasteiger partial charge in [-0.3, -0.25) is 9.59 Å². The molecule has 1 aromatic heterocycles. The van der Waals surface area contributed by atoms with Crippen LogP contribution in [0.15, 0.2) is 48.5 Å². The normalized spacial score (nSPS) is 12.2. The maximum atomic E-state index is 12.8. The molecule has 0 aliphatic carbocycles. The van der Waals surface area contributed by atoms with E-state index in [0.717, 1.165) is 28.7 Å². The molecule has 0 saturated carbocycles. The zero-order valence-electron chi connectivity index (χ0n) is 21.5. The maximum Gasteiger partial charge on any atom is 0.232 e. The maximum absolute atomic E-state index is 12.8. The first-order chi connectivity index (χ1) is 17.2. The molecule has 2 N–H and O–H groups in total. The van der Waals surface area contributed by atoms with E-state index in [4.69, 9.17) is 0 Å². The van der Waals surface area contributed by atoms with Gasteiger partial charge in [-0.2, -0.15) is 17.8 Å². The number of benzene rings is 2. The van der Waals surface area contributed by atoms with Crippen molar-refractivity contribution in [3.63, 3.8) is 0 Å². The van der Waals surface area contributed by atoms with Crippen molar-refractivity contribution in [2.45, 2.75) is 58.8 Å². The Morgan fingerprint density at radius 2 is 1.78 bits per heavy atom. The van der Waals surface area contributed by atoms with Crippen molar-refractivity contribution in [3.8, 4) is 22.5 Å². The van der Waals surface area contributed by atoms with E-state index in [1.54, 1.807) is 0 Å². The highest BCUT2D eigenvalue weighted by atomic mass is 32.1. The molecule has 2 aromatic carbocycles. The standard InChI is InChI=1S/C27H36N6O2S/c1-5-8-24(34)33(16-15-28-26(35)23(36)17-27(2,3)4)18-19-11-13-20(14-12-19)21-9-6-7-10-22(21)25-29-31-32-30-25/h6-7,9-14,23,36H,5,8,15-18H2,1-4H3,(H,28,35)(H,29,30,31,32). The average Bonchev–Trinajstić information content (AvgIpc) is 3.38. The smallest absolute Gasteiger partial charge is 0.232 e. The Morgan fingerprint density at radius 3 is 2.39 bits per heavy atom. The molecule has 3 aromatic rings. The van der Waals surface area contributed by atoms with Crippen LogP contribution in [0.25, 0.3) is 22.5 Å². The number of nitrogens with zero attached hydrogens (tertiary/aromatic N) is 4. The molecule has 1 heterocycles. The van der Waals surface area contributed by atoms with Gasteiger partial charge in [-0.25, -0.2) is 0 Å². The monoisotopic (exact) mass is 508 g/mol. The molecule has 192 valence electrons. The number of carbonyl (C=O) groups excluding carboxylic acids is 2. The topological polar surface area (TPSA) is 104 Å². The number of aromatic nitrogens is 4. The van der Waals surface area contributed by atoms with Gasteiger partial charge in [0.1, 0.15) is 0 Å². The highest BCUT2D eigenvalue weighted by Gasteiger charge is 2.22. The molecule has 0 bridgehead atoms. The van der Waals surface area contributed by atoms with Crippen molar-refractivity contribution in [1.82, 2.24) is 30.8 Å². The van der Waals surface area contributed by atoms with E-state index in [2.05, 4.69) is 59.3 Å². The van der Waals surface area contributed by atoms with Crippen LogP contribution in [0.3, 0.4) is 0 Å². The number of nitrogens with one attached hydrogen (secondary N) is 2. The van der Waals surface area contributed by atoms with E-state index >= 15 is 0 Å². The van der Waals surface area contributed by atoms with Crippen LogP contribution in [-0.2, 0) is 16.1 Å². The van der Waals surface area contributed by atoms with Crippen molar-refractivity contribution in [1.29, 1.82) is 0 Å². The summed E-state index contributed by atoms with van der Waals surface area (Å²) in [5.41, 5.74) is 3.96. The first-order valence-corrected chi connectivity index (χ1v) is 12.9. The van der Waals surface area contributed by atoms with E-state index in [-0.39, 0.29) is 22.5 Å². The summed E-state index contributed by atoms with van der Waals surface area (Å²) in [5.74, 6) is 0.523. The van der Waals surface area contributed by atoms with E-state index in [1.165, 1.54) is 0 Å². The zero-order valence-corrected chi connectivity index (χ0v) is 22.4. The van der Waals surface area contributed by atoms with Crippen LogP contribution >= 0.6 is 12.6 Å². The highest BCUT2D eigenvalue weighted by Crippen LogP contribution is 2.30. The third-order valence-electron chi connectivity index (χ3n) is 5.76. The van der Waals surface area contributed by atoms with E-state index < -0.39 is 0 Å². The Hall–Kier alpha value is -3.20. The van der Waals surface area contributed by atoms with Crippen molar-refractivity contribution in [2.24, 2.45) is 5.41 Å². The number of H-pyrrole nitrogens is 1. The van der Waals surface area contributed by atoms with Crippen LogP contribution in [0.2, 0.25) is 0 Å². The number of hydrogen-bond donors (Lipinski definition) is 3. The Balaban J connectivity index is 1.66. The first kappa shape index (κ1) is 27.4. The summed E-state index contributed by atoms with van der Waals surface area (Å²) in [7, 11) is 0. The molecule has 1 atom stereocenters. The predicted molar refractivity (Wildman–Crippen MR) is 145 cm³/mol. The lowest BCUT2D eigenvalue weighted by Gasteiger charge is -2.25. The third-order valence-corrected chi connectivity index (χ3v) is 6.17. The fourth-order valence-electron chi connectivity index (χ4n) is 3.98. The van der Waals surface area contributed by atoms with Gasteiger partial charge in [0.25, 0.3) is 0 Å². The van der Waals surface area contributed by atoms with Crippen molar-refractivity contribution in [3.05, 3.63) is 54.1 Å². The molecule has 0 aliphatic rings. The first-order valence-electron chi connectivity index (χ1n) is 12.3. The van der Waals surface area contributed by atoms with Gasteiger partial charge in [0.15, 0.2) is 0 Å². The van der Waals surface area contributed by atoms with Gasteiger partial charge in [0.05, 0.1) is 5.25 Å². The zero-order chi connectivity index (χ0) is 26.1. The summed E-state index contributed by atoms with van der Waals surface area (Å²) in [6.07, 6.45) is 1.93. The van der Waals surface area contributed by atoms with Gasteiger partial charge in [0, 0.05) is 31.6 Å². The SMILES string of the molecule is CCCC(=O)N(CCNC(=O)C(S)CC(C)(C)C)Cc1ccc(-c2ccccc2-c2nn[nH]n2)cc1. The lowest BCUT2D eigenvalue weighted by atomic mass is 9.90. The summed E-state index contributed by atoms with van der Waals surface area (Å²) in [4.78, 5) is 27.0. The molecule has 8 nitrogen and oxygen atoms in total. The quantitative estimate of drug-likeness (QED) is 0.331. The number of rotatable bonds is 11. The Bertz CT molecular complexity index is 1130. The minimum absolute atomic E-state index is 0.0190. The summed E-state index contributed by atoms with van der Waals surface area (Å²) in [6, 6.07) is 16.0. The number of tetrazole rings is 1. The number of aromatic amines is 1. The number of amides is 2. The van der Waals surface area contributed by atoms with Gasteiger partial charge in [0.2, 0.25) is 17.6 Å². The largest absolute Gasteiger partial charge is 0.353 e. The molecule has 0 radical (unpaired) electrons. The molecule has 0 spiro atoms. The summed E-state index contributed by atoms with van der Waals surface area (Å²) in [6.45, 7) is 9.57. The van der Waals surface area contributed by atoms with E-state index in [9.17, 15) is 9.59 Å². The lowest BCUT2D eigenvalue weighted by Crippen LogP contribution is -2.41. The molecule has 9 heteroatoms. The van der Waals surface area contributed by atoms with Crippen molar-refractivity contribution in [2.75, 3.05) is 13.1 Å². The Kier molecular flexibility index (Phi) is 9.64. The summed E-state index contributed by atoms with van der Waals surface area (Å²) < 4.78 is 0. The van der Waals surface area contributed by atoms with Gasteiger partial charge in [-0.1, -0.05) is 76.2 Å². The van der Waals surface area contributed by atoms with Crippen LogP contribution < -0.4 is 5.32 Å². The molecule has 1 unspecified atom stereocenters. The fraction of sp³-hybridized carbons (Fsp3) is 0.444. The Morgan fingerprint density at radius 1 is 1.08 bits per heavy atom. The van der Waals surface area contributed by atoms with Gasteiger partial charge >= 0.3 is 0 Å². The summed E-state index contributed by atoms with van der Waals surface area (Å²) in [5, 5.41) is 17.0. The number of thiol groups is 1. The molecule has 36 heavy (non-hydrogen) atoms. The van der Waals surface area contributed by atoms with Gasteiger partial charge in [-0.05, 0) is 40.2 Å². The highest BCUT2D eigenvalue weighted by molar-refractivity contribution is 7.81. The predicted octanol–water partition coefficient (Wildman–Crippen LogP) is 4.51. The molecule has 2 amide bonds. The minimum atomic E-state index is -0.368. The second-order valence-corrected chi connectivity index (χ2v) is 10.7. The van der Waals surface area contributed by atoms with Crippen LogP contribution in [0, 0.1) is 5.41 Å². The lowest BCUT2D eigenvalue weighted by molar-refractivity contribution is -0.132. The summed E-state index contributed by atoms with van der Waals surface area (Å²) >= 11 is 4.46. The third kappa shape index (κ3) is 7.91. The second-order valence-electron chi connectivity index (χ2n) is 10.1. The molecule has 3 rings (SSSR count). The van der Waals surface area contributed by atoms with Crippen LogP contribution in [0.1, 0.15) is 52.5 Å². The van der Waals surface area contributed by atoms with Crippen molar-refractivity contribution < 1.29 is 9.59 Å². The fourth-order valence-corrected chi connectivity index (χ4v) is 4.62. The van der Waals surface area contributed by atoms with Crippen LogP contribution in [0.4, 0.5) is 0 Å². The molecule has 0 aliphatic heterocycles. The van der Waals surface area contributed by atoms with Gasteiger partial charge < -0.3 is 10.2 Å². The number of hydrogen-bond acceptors (Lipinski definition) is 6. The molecule has 0 saturated heterocycles. The van der Waals surface area contributed by atoms with Crippen LogP contribution in [0.5, 0.6) is 0 Å². The second kappa shape index (κ2) is 12.7. The van der Waals surface area contributed by atoms with Crippen molar-refractivity contribution >= 4 is 24.4 Å².